The molecule has 0 heterocycles. The Balaban J connectivity index is 2.03. The van der Waals surface area contributed by atoms with Gasteiger partial charge in [0.15, 0.2) is 6.10 Å². The van der Waals surface area contributed by atoms with Crippen molar-refractivity contribution in [2.45, 2.75) is 13.0 Å². The number of anilines is 1. The van der Waals surface area contributed by atoms with Crippen LogP contribution in [0.25, 0.3) is 0 Å². The summed E-state index contributed by atoms with van der Waals surface area (Å²) in [6.07, 6.45) is -1.20. The standard InChI is InChI=1S/C16H12ClFN2O5/c1-9(25-16(22)13-6-5-10(18)7-14(13)17)15(21)19-11-3-2-4-12(8-11)20(23)24/h2-9H,1H3,(H,19,21)/t9-/m1/s1. The molecule has 2 aromatic carbocycles. The molecule has 0 saturated carbocycles. The van der Waals surface area contributed by atoms with Crippen LogP contribution in [0.4, 0.5) is 15.8 Å². The van der Waals surface area contributed by atoms with Crippen LogP contribution in [0, 0.1) is 15.9 Å². The molecule has 25 heavy (non-hydrogen) atoms. The summed E-state index contributed by atoms with van der Waals surface area (Å²) in [4.78, 5) is 34.2. The van der Waals surface area contributed by atoms with E-state index in [9.17, 15) is 24.1 Å². The van der Waals surface area contributed by atoms with Gasteiger partial charge >= 0.3 is 5.97 Å². The molecule has 0 fully saturated rings. The Morgan fingerprint density at radius 1 is 1.28 bits per heavy atom. The average Bonchev–Trinajstić information content (AvgIpc) is 2.54. The van der Waals surface area contributed by atoms with Crippen LogP contribution in [-0.2, 0) is 9.53 Å². The first-order chi connectivity index (χ1) is 11.8. The lowest BCUT2D eigenvalue weighted by Gasteiger charge is -2.14. The molecule has 0 spiro atoms. The number of nitro groups is 1. The summed E-state index contributed by atoms with van der Waals surface area (Å²) in [5, 5.41) is 13.0. The van der Waals surface area contributed by atoms with E-state index in [1.54, 1.807) is 0 Å². The maximum atomic E-state index is 13.0. The summed E-state index contributed by atoms with van der Waals surface area (Å²) >= 11 is 5.76. The van der Waals surface area contributed by atoms with Crippen LogP contribution in [0.15, 0.2) is 42.5 Å². The van der Waals surface area contributed by atoms with Gasteiger partial charge in [0.2, 0.25) is 0 Å². The Bertz CT molecular complexity index is 843. The predicted octanol–water partition coefficient (Wildman–Crippen LogP) is 3.57. The van der Waals surface area contributed by atoms with Crippen molar-refractivity contribution in [2.75, 3.05) is 5.32 Å². The zero-order valence-corrected chi connectivity index (χ0v) is 13.6. The van der Waals surface area contributed by atoms with Crippen molar-refractivity contribution in [3.05, 3.63) is 69.0 Å². The first kappa shape index (κ1) is 18.3. The Morgan fingerprint density at radius 2 is 2.00 bits per heavy atom. The highest BCUT2D eigenvalue weighted by atomic mass is 35.5. The van der Waals surface area contributed by atoms with Gasteiger partial charge in [-0.2, -0.15) is 0 Å². The molecule has 0 radical (unpaired) electrons. The van der Waals surface area contributed by atoms with Crippen molar-refractivity contribution in [3.8, 4) is 0 Å². The van der Waals surface area contributed by atoms with E-state index < -0.39 is 28.7 Å². The number of rotatable bonds is 5. The van der Waals surface area contributed by atoms with E-state index in [1.165, 1.54) is 31.2 Å². The fourth-order valence-corrected chi connectivity index (χ4v) is 2.12. The topological polar surface area (TPSA) is 98.5 Å². The fraction of sp³-hybridized carbons (Fsp3) is 0.125. The molecule has 0 aromatic heterocycles. The molecule has 0 aliphatic carbocycles. The molecule has 1 amide bonds. The Morgan fingerprint density at radius 3 is 2.64 bits per heavy atom. The van der Waals surface area contributed by atoms with Gasteiger partial charge in [-0.25, -0.2) is 9.18 Å². The molecular formula is C16H12ClFN2O5. The monoisotopic (exact) mass is 366 g/mol. The van der Waals surface area contributed by atoms with Crippen LogP contribution < -0.4 is 5.32 Å². The summed E-state index contributed by atoms with van der Waals surface area (Å²) in [6, 6.07) is 8.44. The zero-order chi connectivity index (χ0) is 18.6. The largest absolute Gasteiger partial charge is 0.449 e. The Hall–Kier alpha value is -3.00. The number of benzene rings is 2. The van der Waals surface area contributed by atoms with Crippen LogP contribution in [0.1, 0.15) is 17.3 Å². The minimum atomic E-state index is -1.20. The van der Waals surface area contributed by atoms with Crippen molar-refractivity contribution >= 4 is 34.9 Å². The first-order valence-electron chi connectivity index (χ1n) is 6.99. The number of nitrogens with one attached hydrogen (secondary N) is 1. The lowest BCUT2D eigenvalue weighted by atomic mass is 10.2. The predicted molar refractivity (Wildman–Crippen MR) is 88.0 cm³/mol. The van der Waals surface area contributed by atoms with E-state index in [4.69, 9.17) is 16.3 Å². The molecule has 1 atom stereocenters. The number of hydrogen-bond acceptors (Lipinski definition) is 5. The molecule has 7 nitrogen and oxygen atoms in total. The quantitative estimate of drug-likeness (QED) is 0.495. The summed E-state index contributed by atoms with van der Waals surface area (Å²) in [6.45, 7) is 1.32. The van der Waals surface area contributed by atoms with Crippen molar-refractivity contribution in [2.24, 2.45) is 0 Å². The van der Waals surface area contributed by atoms with Crippen LogP contribution >= 0.6 is 11.6 Å². The third-order valence-electron chi connectivity index (χ3n) is 3.13. The Labute approximate surface area is 146 Å². The van der Waals surface area contributed by atoms with Crippen LogP contribution in [0.2, 0.25) is 5.02 Å². The number of nitrogens with zero attached hydrogens (tertiary/aromatic N) is 1. The normalized spacial score (nSPS) is 11.5. The lowest BCUT2D eigenvalue weighted by molar-refractivity contribution is -0.384. The molecule has 130 valence electrons. The van der Waals surface area contributed by atoms with Gasteiger partial charge in [0.25, 0.3) is 11.6 Å². The van der Waals surface area contributed by atoms with E-state index in [1.807, 2.05) is 0 Å². The van der Waals surface area contributed by atoms with Gasteiger partial charge in [0.05, 0.1) is 15.5 Å². The number of esters is 1. The van der Waals surface area contributed by atoms with Crippen LogP contribution in [0.5, 0.6) is 0 Å². The molecule has 0 unspecified atom stereocenters. The van der Waals surface area contributed by atoms with Crippen molar-refractivity contribution < 1.29 is 23.6 Å². The van der Waals surface area contributed by atoms with Gasteiger partial charge in [-0.05, 0) is 31.2 Å². The highest BCUT2D eigenvalue weighted by Crippen LogP contribution is 2.20. The number of ether oxygens (including phenoxy) is 1. The highest BCUT2D eigenvalue weighted by Gasteiger charge is 2.21. The molecule has 2 rings (SSSR count). The molecule has 2 aromatic rings. The van der Waals surface area contributed by atoms with Gasteiger partial charge in [-0.1, -0.05) is 17.7 Å². The molecule has 0 aliphatic heterocycles. The smallest absolute Gasteiger partial charge is 0.340 e. The molecule has 0 aliphatic rings. The second-order valence-corrected chi connectivity index (χ2v) is 5.38. The lowest BCUT2D eigenvalue weighted by Crippen LogP contribution is -2.30. The maximum absolute atomic E-state index is 13.0. The molecule has 0 bridgehead atoms. The van der Waals surface area contributed by atoms with Gasteiger partial charge in [-0.3, -0.25) is 14.9 Å². The van der Waals surface area contributed by atoms with E-state index in [0.717, 1.165) is 18.2 Å². The number of carbonyl (C=O) groups excluding carboxylic acids is 2. The molecule has 0 saturated heterocycles. The SMILES string of the molecule is C[C@@H](OC(=O)c1ccc(F)cc1Cl)C(=O)Nc1cccc([N+](=O)[O-])c1. The molecule has 9 heteroatoms. The number of halogens is 2. The van der Waals surface area contributed by atoms with Gasteiger partial charge in [-0.15, -0.1) is 0 Å². The highest BCUT2D eigenvalue weighted by molar-refractivity contribution is 6.33. The number of carbonyl (C=O) groups is 2. The van der Waals surface area contributed by atoms with Crippen molar-refractivity contribution in [1.29, 1.82) is 0 Å². The van der Waals surface area contributed by atoms with Crippen molar-refractivity contribution in [3.63, 3.8) is 0 Å². The number of hydrogen-bond donors (Lipinski definition) is 1. The summed E-state index contributed by atoms with van der Waals surface area (Å²) in [5.41, 5.74) is -0.0967. The van der Waals surface area contributed by atoms with Gasteiger partial charge < -0.3 is 10.1 Å². The van der Waals surface area contributed by atoms with E-state index in [-0.39, 0.29) is 22.0 Å². The number of non-ortho nitro benzene ring substituents is 1. The fourth-order valence-electron chi connectivity index (χ4n) is 1.87. The summed E-state index contributed by atoms with van der Waals surface area (Å²) < 4.78 is 18.0. The summed E-state index contributed by atoms with van der Waals surface area (Å²) in [7, 11) is 0. The third-order valence-corrected chi connectivity index (χ3v) is 3.44. The third kappa shape index (κ3) is 4.74. The van der Waals surface area contributed by atoms with E-state index >= 15 is 0 Å². The molecule has 1 N–H and O–H groups in total. The maximum Gasteiger partial charge on any atom is 0.340 e. The van der Waals surface area contributed by atoms with Crippen LogP contribution in [-0.4, -0.2) is 22.9 Å². The number of nitro benzene ring substituents is 1. The zero-order valence-electron chi connectivity index (χ0n) is 12.9. The van der Waals surface area contributed by atoms with Crippen LogP contribution in [0.3, 0.4) is 0 Å². The second-order valence-electron chi connectivity index (χ2n) is 4.97. The van der Waals surface area contributed by atoms with Gasteiger partial charge in [0, 0.05) is 17.8 Å². The minimum absolute atomic E-state index is 0.0851. The summed E-state index contributed by atoms with van der Waals surface area (Å²) in [5.74, 6) is -2.20. The van der Waals surface area contributed by atoms with Gasteiger partial charge in [0.1, 0.15) is 5.82 Å². The number of amides is 1. The second kappa shape index (κ2) is 7.71. The Kier molecular flexibility index (Phi) is 5.66. The van der Waals surface area contributed by atoms with E-state index in [0.29, 0.717) is 0 Å². The minimum Gasteiger partial charge on any atom is -0.449 e. The van der Waals surface area contributed by atoms with Crippen molar-refractivity contribution in [1.82, 2.24) is 0 Å². The van der Waals surface area contributed by atoms with E-state index in [2.05, 4.69) is 5.32 Å². The molecular weight excluding hydrogens is 355 g/mol. The average molecular weight is 367 g/mol. The first-order valence-corrected chi connectivity index (χ1v) is 7.37.